The molecule has 0 saturated carbocycles. The molecule has 1 N–H and O–H groups in total. The van der Waals surface area contributed by atoms with Gasteiger partial charge in [-0.05, 0) is 6.07 Å². The van der Waals surface area contributed by atoms with Gasteiger partial charge in [0.05, 0.1) is 14.8 Å². The van der Waals surface area contributed by atoms with Crippen LogP contribution in [0.3, 0.4) is 0 Å². The number of nitrogens with zero attached hydrogens (tertiary/aromatic N) is 3. The van der Waals surface area contributed by atoms with Crippen molar-refractivity contribution in [1.29, 1.82) is 0 Å². The first-order chi connectivity index (χ1) is 7.36. The van der Waals surface area contributed by atoms with E-state index in [-0.39, 0.29) is 51.4 Å². The van der Waals surface area contributed by atoms with E-state index in [0.717, 1.165) is 0 Å². The van der Waals surface area contributed by atoms with Gasteiger partial charge in [0.25, 0.3) is 0 Å². The second-order valence-corrected chi connectivity index (χ2v) is 2.57. The average Bonchev–Trinajstić information content (AvgIpc) is 2.15. The average molecular weight is 269 g/mol. The van der Waals surface area contributed by atoms with E-state index in [4.69, 9.17) is 5.11 Å². The van der Waals surface area contributed by atoms with Crippen LogP contribution in [-0.2, 0) is 0 Å². The molecule has 0 aromatic heterocycles. The molecule has 0 amide bonds. The topological polar surface area (TPSA) is 150 Å². The molecule has 0 saturated heterocycles. The Kier molecular flexibility index (Phi) is 5.57. The predicted octanol–water partition coefficient (Wildman–Crippen LogP) is 0.468. The number of benzene rings is 1. The number of phenolic OH excluding ortho intramolecular Hbond substituents is 1. The van der Waals surface area contributed by atoms with Crippen molar-refractivity contribution in [1.82, 2.24) is 0 Å². The van der Waals surface area contributed by atoms with Crippen molar-refractivity contribution in [2.45, 2.75) is 0 Å². The molecule has 0 aliphatic carbocycles. The summed E-state index contributed by atoms with van der Waals surface area (Å²) >= 11 is 0. The summed E-state index contributed by atoms with van der Waals surface area (Å²) in [6, 6.07) is 1.28. The van der Waals surface area contributed by atoms with Crippen molar-refractivity contribution in [3.63, 3.8) is 0 Å². The van der Waals surface area contributed by atoms with E-state index in [1.807, 2.05) is 0 Å². The zero-order valence-electron chi connectivity index (χ0n) is 7.39. The molecular weight excluding hydrogens is 265 g/mol. The third-order valence-corrected chi connectivity index (χ3v) is 1.67. The molecule has 0 bridgehead atoms. The first kappa shape index (κ1) is 15.9. The fourth-order valence-electron chi connectivity index (χ4n) is 1.07. The van der Waals surface area contributed by atoms with E-state index >= 15 is 0 Å². The summed E-state index contributed by atoms with van der Waals surface area (Å²) in [5.74, 6) is -0.998. The maximum absolute atomic E-state index is 10.5. The molecule has 0 unspecified atom stereocenters. The van der Waals surface area contributed by atoms with Gasteiger partial charge in [0.15, 0.2) is 0 Å². The Morgan fingerprint density at radius 1 is 0.882 bits per heavy atom. The molecule has 1 rings (SSSR count). The monoisotopic (exact) mass is 269 g/mol. The van der Waals surface area contributed by atoms with Crippen LogP contribution >= 0.6 is 0 Å². The molecule has 11 heteroatoms. The summed E-state index contributed by atoms with van der Waals surface area (Å²) < 4.78 is 0. The second kappa shape index (κ2) is 5.97. The molecule has 0 heterocycles. The van der Waals surface area contributed by atoms with Crippen molar-refractivity contribution in [2.75, 3.05) is 0 Å². The molecule has 17 heavy (non-hydrogen) atoms. The molecule has 0 aliphatic rings. The fourth-order valence-corrected chi connectivity index (χ4v) is 1.07. The Hall–Kier alpha value is -1.14. The van der Waals surface area contributed by atoms with Gasteiger partial charge in [-0.2, -0.15) is 0 Å². The van der Waals surface area contributed by atoms with E-state index in [1.165, 1.54) is 0 Å². The van der Waals surface area contributed by atoms with Crippen LogP contribution in [0.5, 0.6) is 5.75 Å². The van der Waals surface area contributed by atoms with Gasteiger partial charge < -0.3 is 5.11 Å². The van der Waals surface area contributed by atoms with Crippen LogP contribution in [0, 0.1) is 30.3 Å². The molecule has 1 aromatic rings. The SMILES string of the molecule is O=[N+]([O-])c1ccc(O)c([N+](=O)[O-])c1[N+](=O)[O-].[KH]. The maximum atomic E-state index is 10.5. The zero-order valence-corrected chi connectivity index (χ0v) is 7.39. The number of nitro groups is 3. The van der Waals surface area contributed by atoms with Gasteiger partial charge in [0, 0.05) is 6.07 Å². The van der Waals surface area contributed by atoms with Gasteiger partial charge in [-0.3, -0.25) is 30.3 Å². The number of phenols is 1. The number of nitro benzene ring substituents is 3. The van der Waals surface area contributed by atoms with E-state index in [9.17, 15) is 30.3 Å². The summed E-state index contributed by atoms with van der Waals surface area (Å²) in [4.78, 5) is 27.7. The van der Waals surface area contributed by atoms with Crippen molar-refractivity contribution in [3.05, 3.63) is 42.5 Å². The third kappa shape index (κ3) is 3.16. The molecule has 0 aliphatic heterocycles. The standard InChI is InChI=1S/C6H3N3O7.K.H/c10-4-2-1-3(7(11)12)5(8(13)14)6(4)9(15)16;;/h1-2,10H;;. The van der Waals surface area contributed by atoms with E-state index in [2.05, 4.69) is 0 Å². The van der Waals surface area contributed by atoms with Gasteiger partial charge in [-0.15, -0.1) is 0 Å². The molecule has 0 radical (unpaired) electrons. The summed E-state index contributed by atoms with van der Waals surface area (Å²) in [6.07, 6.45) is 0. The first-order valence-corrected chi connectivity index (χ1v) is 3.65. The molecule has 0 fully saturated rings. The zero-order chi connectivity index (χ0) is 12.5. The van der Waals surface area contributed by atoms with Crippen molar-refractivity contribution in [3.8, 4) is 5.75 Å². The molecule has 0 atom stereocenters. The van der Waals surface area contributed by atoms with Crippen LogP contribution in [0.2, 0.25) is 0 Å². The molecule has 10 nitrogen and oxygen atoms in total. The van der Waals surface area contributed by atoms with Crippen LogP contribution < -0.4 is 0 Å². The normalized spacial score (nSPS) is 9.18. The minimum atomic E-state index is -1.34. The van der Waals surface area contributed by atoms with Crippen molar-refractivity contribution in [2.24, 2.45) is 0 Å². The Labute approximate surface area is 135 Å². The first-order valence-electron chi connectivity index (χ1n) is 3.65. The number of hydrogen-bond donors (Lipinski definition) is 1. The number of rotatable bonds is 3. The van der Waals surface area contributed by atoms with Crippen LogP contribution in [-0.4, -0.2) is 71.3 Å². The summed E-state index contributed by atoms with van der Waals surface area (Å²) in [7, 11) is 0. The summed E-state index contributed by atoms with van der Waals surface area (Å²) in [5, 5.41) is 40.4. The van der Waals surface area contributed by atoms with Crippen LogP contribution in [0.4, 0.5) is 17.1 Å². The van der Waals surface area contributed by atoms with Gasteiger partial charge in [-0.1, -0.05) is 0 Å². The van der Waals surface area contributed by atoms with E-state index < -0.39 is 37.6 Å². The van der Waals surface area contributed by atoms with Crippen LogP contribution in [0.15, 0.2) is 12.1 Å². The number of hydrogen-bond acceptors (Lipinski definition) is 7. The molecule has 1 aromatic carbocycles. The minimum absolute atomic E-state index is 0. The van der Waals surface area contributed by atoms with Gasteiger partial charge >= 0.3 is 68.4 Å². The number of aromatic hydroxyl groups is 1. The van der Waals surface area contributed by atoms with E-state index in [0.29, 0.717) is 12.1 Å². The Bertz CT molecular complexity index is 503. The van der Waals surface area contributed by atoms with Gasteiger partial charge in [-0.25, -0.2) is 0 Å². The Morgan fingerprint density at radius 2 is 1.35 bits per heavy atom. The predicted molar refractivity (Wildman–Crippen MR) is 55.2 cm³/mol. The summed E-state index contributed by atoms with van der Waals surface area (Å²) in [5.41, 5.74) is -3.68. The fraction of sp³-hybridized carbons (Fsp3) is 0. The van der Waals surface area contributed by atoms with Crippen molar-refractivity contribution < 1.29 is 19.9 Å². The van der Waals surface area contributed by atoms with Gasteiger partial charge in [0.1, 0.15) is 0 Å². The molecule has 0 spiro atoms. The quantitative estimate of drug-likeness (QED) is 0.475. The molecule has 86 valence electrons. The summed E-state index contributed by atoms with van der Waals surface area (Å²) in [6.45, 7) is 0. The molecular formula is C6H4KN3O7. The Balaban J connectivity index is 0.00000256. The van der Waals surface area contributed by atoms with Crippen LogP contribution in [0.25, 0.3) is 0 Å². The second-order valence-electron chi connectivity index (χ2n) is 2.57. The van der Waals surface area contributed by atoms with E-state index in [1.54, 1.807) is 0 Å². The third-order valence-electron chi connectivity index (χ3n) is 1.67. The van der Waals surface area contributed by atoms with Crippen molar-refractivity contribution >= 4 is 68.4 Å². The van der Waals surface area contributed by atoms with Crippen LogP contribution in [0.1, 0.15) is 0 Å². The Morgan fingerprint density at radius 3 is 1.71 bits per heavy atom. The van der Waals surface area contributed by atoms with Gasteiger partial charge in [0.2, 0.25) is 5.75 Å².